The third-order valence-electron chi connectivity index (χ3n) is 10.9. The molecule has 0 heterocycles. The van der Waals surface area contributed by atoms with Crippen LogP contribution < -0.4 is 0 Å². The third kappa shape index (κ3) is 44.7. The molecule has 0 saturated heterocycles. The maximum atomic E-state index is 12.8. The van der Waals surface area contributed by atoms with Crippen LogP contribution in [0.5, 0.6) is 0 Å². The lowest BCUT2D eigenvalue weighted by atomic mass is 10.1. The van der Waals surface area contributed by atoms with Gasteiger partial charge in [-0.25, -0.2) is 0 Å². The number of hydrogen-bond acceptors (Lipinski definition) is 6. The molecule has 0 aromatic rings. The fourth-order valence-electron chi connectivity index (χ4n) is 7.05. The summed E-state index contributed by atoms with van der Waals surface area (Å²) >= 11 is 0. The molecule has 0 saturated carbocycles. The lowest BCUT2D eigenvalue weighted by Gasteiger charge is -2.18. The molecular formula is C52H94O6. The Bertz CT molecular complexity index is 984. The van der Waals surface area contributed by atoms with Gasteiger partial charge in [0.05, 0.1) is 0 Å². The Morgan fingerprint density at radius 3 is 1.00 bits per heavy atom. The van der Waals surface area contributed by atoms with E-state index in [0.717, 1.165) is 83.5 Å². The Hall–Kier alpha value is -2.37. The topological polar surface area (TPSA) is 78.9 Å². The van der Waals surface area contributed by atoms with Crippen molar-refractivity contribution >= 4 is 17.9 Å². The average molecular weight is 815 g/mol. The first-order chi connectivity index (χ1) is 28.5. The van der Waals surface area contributed by atoms with E-state index < -0.39 is 6.10 Å². The highest BCUT2D eigenvalue weighted by molar-refractivity contribution is 5.71. The van der Waals surface area contributed by atoms with Crippen LogP contribution in [0.15, 0.2) is 36.5 Å². The van der Waals surface area contributed by atoms with E-state index in [0.29, 0.717) is 19.3 Å². The summed E-state index contributed by atoms with van der Waals surface area (Å²) in [5.74, 6) is -0.895. The Morgan fingerprint density at radius 2 is 0.621 bits per heavy atom. The number of carbonyl (C=O) groups is 3. The van der Waals surface area contributed by atoms with Gasteiger partial charge in [0.2, 0.25) is 0 Å². The summed E-state index contributed by atoms with van der Waals surface area (Å²) in [6, 6.07) is 0. The minimum atomic E-state index is -0.777. The van der Waals surface area contributed by atoms with E-state index in [1.165, 1.54) is 135 Å². The predicted octanol–water partition coefficient (Wildman–Crippen LogP) is 16.1. The number of rotatable bonds is 45. The average Bonchev–Trinajstić information content (AvgIpc) is 3.22. The fourth-order valence-corrected chi connectivity index (χ4v) is 7.05. The van der Waals surface area contributed by atoms with Gasteiger partial charge in [0.15, 0.2) is 6.10 Å². The Balaban J connectivity index is 4.38. The smallest absolute Gasteiger partial charge is 0.306 e. The number of carbonyl (C=O) groups excluding carboxylic acids is 3. The summed E-state index contributed by atoms with van der Waals surface area (Å²) < 4.78 is 16.7. The molecule has 0 N–H and O–H groups in total. The Labute approximate surface area is 359 Å². The van der Waals surface area contributed by atoms with Crippen LogP contribution in [0.1, 0.15) is 258 Å². The molecular weight excluding hydrogens is 721 g/mol. The van der Waals surface area contributed by atoms with Gasteiger partial charge in [-0.15, -0.1) is 0 Å². The molecule has 0 rings (SSSR count). The van der Waals surface area contributed by atoms with Crippen LogP contribution in [0, 0.1) is 0 Å². The van der Waals surface area contributed by atoms with Crippen molar-refractivity contribution in [3.8, 4) is 0 Å². The van der Waals surface area contributed by atoms with Crippen molar-refractivity contribution in [1.82, 2.24) is 0 Å². The van der Waals surface area contributed by atoms with Crippen molar-refractivity contribution in [2.75, 3.05) is 13.2 Å². The van der Waals surface area contributed by atoms with E-state index in [1.54, 1.807) is 0 Å². The van der Waals surface area contributed by atoms with Gasteiger partial charge in [0.25, 0.3) is 0 Å². The second-order valence-electron chi connectivity index (χ2n) is 16.7. The van der Waals surface area contributed by atoms with Gasteiger partial charge < -0.3 is 14.2 Å². The Morgan fingerprint density at radius 1 is 0.345 bits per heavy atom. The second-order valence-corrected chi connectivity index (χ2v) is 16.7. The molecule has 0 aliphatic carbocycles. The summed E-state index contributed by atoms with van der Waals surface area (Å²) in [7, 11) is 0. The van der Waals surface area contributed by atoms with Gasteiger partial charge in [0, 0.05) is 19.3 Å². The van der Waals surface area contributed by atoms with Gasteiger partial charge in [-0.05, 0) is 77.0 Å². The molecule has 0 fully saturated rings. The Kier molecular flexibility index (Phi) is 45.4. The summed E-state index contributed by atoms with van der Waals surface area (Å²) in [5, 5.41) is 0. The van der Waals surface area contributed by atoms with Crippen molar-refractivity contribution in [3.63, 3.8) is 0 Å². The first kappa shape index (κ1) is 55.6. The molecule has 0 unspecified atom stereocenters. The van der Waals surface area contributed by atoms with E-state index in [-0.39, 0.29) is 31.1 Å². The zero-order valence-corrected chi connectivity index (χ0v) is 38.6. The van der Waals surface area contributed by atoms with Gasteiger partial charge in [0.1, 0.15) is 13.2 Å². The van der Waals surface area contributed by atoms with Crippen LogP contribution in [0.3, 0.4) is 0 Å². The lowest BCUT2D eigenvalue weighted by Crippen LogP contribution is -2.30. The molecule has 1 atom stereocenters. The minimum absolute atomic E-state index is 0.0777. The van der Waals surface area contributed by atoms with E-state index in [2.05, 4.69) is 57.2 Å². The zero-order chi connectivity index (χ0) is 42.3. The normalized spacial score (nSPS) is 12.3. The highest BCUT2D eigenvalue weighted by Crippen LogP contribution is 2.14. The quantitative estimate of drug-likeness (QED) is 0.0264. The molecule has 338 valence electrons. The van der Waals surface area contributed by atoms with Crippen LogP contribution >= 0.6 is 0 Å². The first-order valence-electron chi connectivity index (χ1n) is 25.0. The van der Waals surface area contributed by atoms with Gasteiger partial charge in [-0.1, -0.05) is 198 Å². The molecule has 0 spiro atoms. The molecule has 0 aromatic heterocycles. The number of ether oxygens (including phenoxy) is 3. The monoisotopic (exact) mass is 815 g/mol. The molecule has 58 heavy (non-hydrogen) atoms. The van der Waals surface area contributed by atoms with Crippen molar-refractivity contribution in [2.45, 2.75) is 264 Å². The number of unbranched alkanes of at least 4 members (excludes halogenated alkanes) is 28. The highest BCUT2D eigenvalue weighted by atomic mass is 16.6. The van der Waals surface area contributed by atoms with Crippen LogP contribution in [0.4, 0.5) is 0 Å². The summed E-state index contributed by atoms with van der Waals surface area (Å²) in [6.45, 7) is 6.58. The number of allylic oxidation sites excluding steroid dienone is 6. The molecule has 0 aliphatic rings. The third-order valence-corrected chi connectivity index (χ3v) is 10.9. The predicted molar refractivity (Wildman–Crippen MR) is 247 cm³/mol. The van der Waals surface area contributed by atoms with Gasteiger partial charge in [-0.2, -0.15) is 0 Å². The number of hydrogen-bond donors (Lipinski definition) is 0. The van der Waals surface area contributed by atoms with Crippen molar-refractivity contribution in [3.05, 3.63) is 36.5 Å². The van der Waals surface area contributed by atoms with Crippen molar-refractivity contribution < 1.29 is 28.6 Å². The zero-order valence-electron chi connectivity index (χ0n) is 38.6. The fraction of sp³-hybridized carbons (Fsp3) is 0.827. The van der Waals surface area contributed by atoms with E-state index in [9.17, 15) is 14.4 Å². The summed E-state index contributed by atoms with van der Waals surface area (Å²) in [5.41, 5.74) is 0. The summed E-state index contributed by atoms with van der Waals surface area (Å²) in [4.78, 5) is 37.8. The molecule has 0 bridgehead atoms. The van der Waals surface area contributed by atoms with E-state index in [4.69, 9.17) is 14.2 Å². The molecule has 6 heteroatoms. The van der Waals surface area contributed by atoms with Crippen LogP contribution in [0.25, 0.3) is 0 Å². The SMILES string of the molecule is CCCCC/C=C\C/C=C\CCCCCCCC(=O)OC[C@@H](COC(=O)CCCCCCCCCCCC)OC(=O)CCCCCCC/C=C\CCCCCCCC. The second kappa shape index (κ2) is 47.3. The van der Waals surface area contributed by atoms with Crippen LogP contribution in [0.2, 0.25) is 0 Å². The largest absolute Gasteiger partial charge is 0.462 e. The molecule has 0 aliphatic heterocycles. The van der Waals surface area contributed by atoms with Gasteiger partial charge in [-0.3, -0.25) is 14.4 Å². The molecule has 6 nitrogen and oxygen atoms in total. The van der Waals surface area contributed by atoms with E-state index in [1.807, 2.05) is 0 Å². The maximum absolute atomic E-state index is 12.8. The minimum Gasteiger partial charge on any atom is -0.462 e. The van der Waals surface area contributed by atoms with Crippen LogP contribution in [-0.4, -0.2) is 37.2 Å². The van der Waals surface area contributed by atoms with E-state index >= 15 is 0 Å². The standard InChI is InChI=1S/C52H94O6/c1-4-7-10-13-16-19-22-24-26-28-30-33-36-39-42-45-51(54)57-48-49(47-56-50(53)44-41-38-35-32-21-18-15-12-9-6-3)58-52(55)46-43-40-37-34-31-29-27-25-23-20-17-14-11-8-5-2/h16,19,24-27,49H,4-15,17-18,20-23,28-48H2,1-3H3/b19-16-,26-24-,27-25-/t49-/m1/s1. The number of esters is 3. The first-order valence-corrected chi connectivity index (χ1v) is 25.0. The van der Waals surface area contributed by atoms with Crippen LogP contribution in [-0.2, 0) is 28.6 Å². The summed E-state index contributed by atoms with van der Waals surface area (Å²) in [6.07, 6.45) is 54.1. The molecule has 0 radical (unpaired) electrons. The van der Waals surface area contributed by atoms with Gasteiger partial charge >= 0.3 is 17.9 Å². The maximum Gasteiger partial charge on any atom is 0.306 e. The molecule has 0 amide bonds. The molecule has 0 aromatic carbocycles. The van der Waals surface area contributed by atoms with Crippen molar-refractivity contribution in [1.29, 1.82) is 0 Å². The lowest BCUT2D eigenvalue weighted by molar-refractivity contribution is -0.167. The van der Waals surface area contributed by atoms with Crippen molar-refractivity contribution in [2.24, 2.45) is 0 Å². The highest BCUT2D eigenvalue weighted by Gasteiger charge is 2.19.